The van der Waals surface area contributed by atoms with Gasteiger partial charge in [-0.1, -0.05) is 26.8 Å². The molecular weight excluding hydrogens is 294 g/mol. The number of benzene rings is 1. The molecule has 1 rings (SSSR count). The van der Waals surface area contributed by atoms with Crippen LogP contribution in [0.3, 0.4) is 0 Å². The predicted molar refractivity (Wildman–Crippen MR) is 78.3 cm³/mol. The number of rotatable bonds is 6. The predicted octanol–water partition coefficient (Wildman–Crippen LogP) is 2.71. The van der Waals surface area contributed by atoms with Crippen molar-refractivity contribution in [2.45, 2.75) is 26.2 Å². The molecule has 1 aromatic carbocycles. The second-order valence-electron chi connectivity index (χ2n) is 5.22. The monoisotopic (exact) mass is 315 g/mol. The molecule has 0 heterocycles. The number of aliphatic hydroxyl groups is 1. The van der Waals surface area contributed by atoms with Crippen molar-refractivity contribution in [2.75, 3.05) is 26.3 Å². The van der Waals surface area contributed by atoms with Gasteiger partial charge < -0.3 is 15.2 Å². The number of nitrogens with one attached hydrogen (secondary N) is 1. The number of ether oxygens (including phenoxy) is 1. The molecule has 0 spiro atoms. The highest BCUT2D eigenvalue weighted by molar-refractivity contribution is 9.10. The van der Waals surface area contributed by atoms with Gasteiger partial charge in [0.2, 0.25) is 0 Å². The first kappa shape index (κ1) is 15.5. The molecule has 0 radical (unpaired) electrons. The van der Waals surface area contributed by atoms with Crippen molar-refractivity contribution in [1.29, 1.82) is 0 Å². The van der Waals surface area contributed by atoms with E-state index in [1.165, 1.54) is 5.56 Å². The van der Waals surface area contributed by atoms with Crippen molar-refractivity contribution < 1.29 is 9.84 Å². The largest absolute Gasteiger partial charge is 0.491 e. The Bertz CT molecular complexity index is 375. The highest BCUT2D eigenvalue weighted by Gasteiger charge is 2.15. The van der Waals surface area contributed by atoms with Gasteiger partial charge in [0.25, 0.3) is 0 Å². The Balaban J connectivity index is 2.53. The summed E-state index contributed by atoms with van der Waals surface area (Å²) in [5.41, 5.74) is 1.42. The van der Waals surface area contributed by atoms with Crippen molar-refractivity contribution in [3.8, 4) is 5.75 Å². The maximum absolute atomic E-state index is 8.62. The van der Waals surface area contributed by atoms with Gasteiger partial charge in [-0.2, -0.15) is 0 Å². The number of hydrogen-bond donors (Lipinski definition) is 2. The summed E-state index contributed by atoms with van der Waals surface area (Å²) in [7, 11) is 0. The van der Waals surface area contributed by atoms with E-state index in [9.17, 15) is 0 Å². The maximum Gasteiger partial charge on any atom is 0.133 e. The zero-order valence-corrected chi connectivity index (χ0v) is 12.9. The Labute approximate surface area is 118 Å². The summed E-state index contributed by atoms with van der Waals surface area (Å²) in [5, 5.41) is 11.7. The molecule has 0 aliphatic rings. The normalized spacial score (nSPS) is 11.6. The van der Waals surface area contributed by atoms with Crippen LogP contribution >= 0.6 is 15.9 Å². The van der Waals surface area contributed by atoms with E-state index in [-0.39, 0.29) is 12.0 Å². The van der Waals surface area contributed by atoms with Crippen molar-refractivity contribution >= 4 is 15.9 Å². The third-order valence-electron chi connectivity index (χ3n) is 2.62. The van der Waals surface area contributed by atoms with Crippen LogP contribution in [0.4, 0.5) is 0 Å². The van der Waals surface area contributed by atoms with Crippen LogP contribution in [0.2, 0.25) is 0 Å². The van der Waals surface area contributed by atoms with E-state index >= 15 is 0 Å². The first-order valence-corrected chi connectivity index (χ1v) is 6.99. The molecular formula is C14H22BrNO2. The van der Waals surface area contributed by atoms with Crippen molar-refractivity contribution in [2.24, 2.45) is 0 Å². The van der Waals surface area contributed by atoms with Crippen LogP contribution in [-0.2, 0) is 5.41 Å². The van der Waals surface area contributed by atoms with E-state index in [4.69, 9.17) is 9.84 Å². The minimum atomic E-state index is 0.143. The summed E-state index contributed by atoms with van der Waals surface area (Å²) in [6, 6.07) is 6.20. The molecule has 4 heteroatoms. The zero-order chi connectivity index (χ0) is 13.6. The molecule has 0 aromatic heterocycles. The fourth-order valence-electron chi connectivity index (χ4n) is 1.52. The lowest BCUT2D eigenvalue weighted by Crippen LogP contribution is -2.24. The molecule has 1 aromatic rings. The van der Waals surface area contributed by atoms with E-state index in [0.29, 0.717) is 13.2 Å². The smallest absolute Gasteiger partial charge is 0.133 e. The topological polar surface area (TPSA) is 41.5 Å². The first-order valence-electron chi connectivity index (χ1n) is 6.19. The second-order valence-corrected chi connectivity index (χ2v) is 6.07. The summed E-state index contributed by atoms with van der Waals surface area (Å²) in [5.74, 6) is 0.855. The molecule has 3 nitrogen and oxygen atoms in total. The quantitative estimate of drug-likeness (QED) is 0.793. The third-order valence-corrected chi connectivity index (χ3v) is 3.24. The SMILES string of the molecule is CC(C)(C)c1ccc(OCCNCCO)c(Br)c1. The third kappa shape index (κ3) is 4.96. The molecule has 0 aliphatic heterocycles. The highest BCUT2D eigenvalue weighted by atomic mass is 79.9. The van der Waals surface area contributed by atoms with Crippen LogP contribution in [0.15, 0.2) is 22.7 Å². The van der Waals surface area contributed by atoms with E-state index in [0.717, 1.165) is 16.8 Å². The molecule has 18 heavy (non-hydrogen) atoms. The second kappa shape index (κ2) is 7.12. The zero-order valence-electron chi connectivity index (χ0n) is 11.3. The number of aliphatic hydroxyl groups excluding tert-OH is 1. The molecule has 102 valence electrons. The van der Waals surface area contributed by atoms with Crippen molar-refractivity contribution in [1.82, 2.24) is 5.32 Å². The van der Waals surface area contributed by atoms with Gasteiger partial charge in [0.15, 0.2) is 0 Å². The maximum atomic E-state index is 8.62. The summed E-state index contributed by atoms with van der Waals surface area (Å²) in [6.45, 7) is 8.65. The van der Waals surface area contributed by atoms with Crippen LogP contribution in [0.25, 0.3) is 0 Å². The fraction of sp³-hybridized carbons (Fsp3) is 0.571. The minimum absolute atomic E-state index is 0.143. The average Bonchev–Trinajstić information content (AvgIpc) is 2.29. The Morgan fingerprint density at radius 3 is 2.56 bits per heavy atom. The van der Waals surface area contributed by atoms with E-state index in [2.05, 4.69) is 54.2 Å². The summed E-state index contributed by atoms with van der Waals surface area (Å²) < 4.78 is 6.64. The van der Waals surface area contributed by atoms with Crippen LogP contribution in [0.5, 0.6) is 5.75 Å². The summed E-state index contributed by atoms with van der Waals surface area (Å²) in [4.78, 5) is 0. The fourth-order valence-corrected chi connectivity index (χ4v) is 2.01. The summed E-state index contributed by atoms with van der Waals surface area (Å²) >= 11 is 3.54. The molecule has 0 fully saturated rings. The Hall–Kier alpha value is -0.580. The highest BCUT2D eigenvalue weighted by Crippen LogP contribution is 2.31. The standard InChI is InChI=1S/C14H22BrNO2/c1-14(2,3)11-4-5-13(12(15)10-11)18-9-7-16-6-8-17/h4-5,10,16-17H,6-9H2,1-3H3. The van der Waals surface area contributed by atoms with Crippen molar-refractivity contribution in [3.05, 3.63) is 28.2 Å². The van der Waals surface area contributed by atoms with Gasteiger partial charge in [0, 0.05) is 13.1 Å². The van der Waals surface area contributed by atoms with Gasteiger partial charge in [-0.25, -0.2) is 0 Å². The van der Waals surface area contributed by atoms with Gasteiger partial charge in [-0.05, 0) is 39.0 Å². The molecule has 0 bridgehead atoms. The van der Waals surface area contributed by atoms with Crippen LogP contribution < -0.4 is 10.1 Å². The minimum Gasteiger partial charge on any atom is -0.491 e. The average molecular weight is 316 g/mol. The van der Waals surface area contributed by atoms with Gasteiger partial charge in [-0.15, -0.1) is 0 Å². The lowest BCUT2D eigenvalue weighted by atomic mass is 9.87. The molecule has 0 unspecified atom stereocenters. The van der Waals surface area contributed by atoms with Gasteiger partial charge in [0.05, 0.1) is 11.1 Å². The number of hydrogen-bond acceptors (Lipinski definition) is 3. The van der Waals surface area contributed by atoms with Crippen LogP contribution in [-0.4, -0.2) is 31.4 Å². The molecule has 0 saturated heterocycles. The van der Waals surface area contributed by atoms with E-state index in [1.54, 1.807) is 0 Å². The Morgan fingerprint density at radius 1 is 1.28 bits per heavy atom. The van der Waals surface area contributed by atoms with E-state index < -0.39 is 0 Å². The lowest BCUT2D eigenvalue weighted by Gasteiger charge is -2.20. The molecule has 2 N–H and O–H groups in total. The van der Waals surface area contributed by atoms with Crippen molar-refractivity contribution in [3.63, 3.8) is 0 Å². The summed E-state index contributed by atoms with van der Waals surface area (Å²) in [6.07, 6.45) is 0. The Kier molecular flexibility index (Phi) is 6.12. The van der Waals surface area contributed by atoms with Crippen LogP contribution in [0, 0.1) is 0 Å². The molecule has 0 saturated carbocycles. The molecule has 0 atom stereocenters. The van der Waals surface area contributed by atoms with Crippen LogP contribution in [0.1, 0.15) is 26.3 Å². The van der Waals surface area contributed by atoms with Gasteiger partial charge in [0.1, 0.15) is 12.4 Å². The van der Waals surface area contributed by atoms with Gasteiger partial charge in [-0.3, -0.25) is 0 Å². The number of halogens is 1. The Morgan fingerprint density at radius 2 is 2.00 bits per heavy atom. The molecule has 0 aliphatic carbocycles. The lowest BCUT2D eigenvalue weighted by molar-refractivity contribution is 0.275. The van der Waals surface area contributed by atoms with Gasteiger partial charge >= 0.3 is 0 Å². The molecule has 0 amide bonds. The van der Waals surface area contributed by atoms with E-state index in [1.807, 2.05) is 6.07 Å². The first-order chi connectivity index (χ1) is 8.45.